The van der Waals surface area contributed by atoms with Crippen molar-refractivity contribution in [1.82, 2.24) is 9.88 Å². The minimum Gasteiger partial charge on any atom is -0.381 e. The summed E-state index contributed by atoms with van der Waals surface area (Å²) in [4.78, 5) is 27.5. The molecule has 0 aromatic carbocycles. The number of carbonyl (C=O) groups excluding carboxylic acids is 1. The number of hydrogen-bond donors (Lipinski definition) is 1. The number of nitrogens with zero attached hydrogens (tertiary/aromatic N) is 1. The number of aromatic nitrogens is 1. The monoisotopic (exact) mass is 264 g/mol. The number of likely N-dealkylation sites (tertiary alicyclic amines) is 1. The van der Waals surface area contributed by atoms with Crippen LogP contribution in [0.3, 0.4) is 0 Å². The first-order valence-electron chi connectivity index (χ1n) is 6.76. The Morgan fingerprint density at radius 3 is 3.05 bits per heavy atom. The van der Waals surface area contributed by atoms with Crippen molar-refractivity contribution in [2.75, 3.05) is 26.3 Å². The molecule has 0 aliphatic carbocycles. The molecular weight excluding hydrogens is 244 g/mol. The van der Waals surface area contributed by atoms with E-state index < -0.39 is 0 Å². The van der Waals surface area contributed by atoms with Crippen molar-refractivity contribution in [3.63, 3.8) is 0 Å². The van der Waals surface area contributed by atoms with E-state index in [1.165, 1.54) is 12.3 Å². The van der Waals surface area contributed by atoms with E-state index in [4.69, 9.17) is 4.74 Å². The fourth-order valence-electron chi connectivity index (χ4n) is 2.27. The van der Waals surface area contributed by atoms with Crippen molar-refractivity contribution in [2.45, 2.75) is 19.8 Å². The fraction of sp³-hybridized carbons (Fsp3) is 0.571. The van der Waals surface area contributed by atoms with E-state index in [2.05, 4.69) is 11.9 Å². The van der Waals surface area contributed by atoms with Crippen LogP contribution in [-0.2, 0) is 4.74 Å². The van der Waals surface area contributed by atoms with E-state index in [1.807, 2.05) is 4.90 Å². The Balaban J connectivity index is 1.88. The third kappa shape index (κ3) is 3.67. The molecule has 1 atom stereocenters. The summed E-state index contributed by atoms with van der Waals surface area (Å²) in [5, 5.41) is 0. The van der Waals surface area contributed by atoms with E-state index >= 15 is 0 Å². The van der Waals surface area contributed by atoms with Gasteiger partial charge in [0.25, 0.3) is 5.91 Å². The van der Waals surface area contributed by atoms with Crippen LogP contribution in [0.25, 0.3) is 0 Å². The molecule has 1 amide bonds. The van der Waals surface area contributed by atoms with E-state index in [9.17, 15) is 9.59 Å². The van der Waals surface area contributed by atoms with Gasteiger partial charge in [-0.3, -0.25) is 9.59 Å². The third-order valence-electron chi connectivity index (χ3n) is 3.31. The van der Waals surface area contributed by atoms with E-state index in [-0.39, 0.29) is 11.5 Å². The predicted octanol–water partition coefficient (Wildman–Crippen LogP) is 1.26. The van der Waals surface area contributed by atoms with Crippen molar-refractivity contribution in [3.8, 4) is 0 Å². The van der Waals surface area contributed by atoms with Crippen LogP contribution in [0.1, 0.15) is 30.1 Å². The molecule has 1 saturated heterocycles. The first-order chi connectivity index (χ1) is 9.20. The Kier molecular flexibility index (Phi) is 4.74. The lowest BCUT2D eigenvalue weighted by Crippen LogP contribution is -2.29. The molecule has 0 spiro atoms. The zero-order valence-corrected chi connectivity index (χ0v) is 11.2. The summed E-state index contributed by atoms with van der Waals surface area (Å²) in [6.45, 7) is 5.09. The maximum Gasteiger partial charge on any atom is 0.255 e. The van der Waals surface area contributed by atoms with Crippen LogP contribution < -0.4 is 5.56 Å². The van der Waals surface area contributed by atoms with E-state index in [0.29, 0.717) is 11.5 Å². The molecule has 1 fully saturated rings. The highest BCUT2D eigenvalue weighted by Crippen LogP contribution is 2.18. The molecule has 1 aromatic rings. The van der Waals surface area contributed by atoms with Gasteiger partial charge in [0.2, 0.25) is 5.56 Å². The molecule has 1 aliphatic heterocycles. The fourth-order valence-corrected chi connectivity index (χ4v) is 2.27. The average Bonchev–Trinajstić information content (AvgIpc) is 2.88. The number of rotatable bonds is 5. The molecule has 2 heterocycles. The minimum absolute atomic E-state index is 0.0192. The molecular formula is C14H20N2O3. The molecule has 1 aliphatic rings. The molecule has 1 N–H and O–H groups in total. The van der Waals surface area contributed by atoms with Crippen molar-refractivity contribution in [3.05, 3.63) is 34.2 Å². The van der Waals surface area contributed by atoms with Crippen LogP contribution in [0.2, 0.25) is 0 Å². The van der Waals surface area contributed by atoms with Crippen LogP contribution in [0.4, 0.5) is 0 Å². The molecule has 19 heavy (non-hydrogen) atoms. The Labute approximate surface area is 112 Å². The number of ether oxygens (including phenoxy) is 1. The molecule has 0 unspecified atom stereocenters. The molecule has 0 bridgehead atoms. The normalized spacial score (nSPS) is 18.8. The number of pyridine rings is 1. The molecule has 1 aromatic heterocycles. The van der Waals surface area contributed by atoms with Gasteiger partial charge in [0.1, 0.15) is 0 Å². The number of hydrogen-bond acceptors (Lipinski definition) is 3. The van der Waals surface area contributed by atoms with Gasteiger partial charge in [0.05, 0.1) is 12.2 Å². The summed E-state index contributed by atoms with van der Waals surface area (Å²) < 4.78 is 5.53. The van der Waals surface area contributed by atoms with Crippen molar-refractivity contribution in [1.29, 1.82) is 0 Å². The SMILES string of the molecule is CCCOC[C@H]1CCN(C(=O)c2ccc(=O)[nH]c2)C1. The summed E-state index contributed by atoms with van der Waals surface area (Å²) in [7, 11) is 0. The van der Waals surface area contributed by atoms with Gasteiger partial charge < -0.3 is 14.6 Å². The Hall–Kier alpha value is -1.62. The molecule has 5 nitrogen and oxygen atoms in total. The highest BCUT2D eigenvalue weighted by atomic mass is 16.5. The van der Waals surface area contributed by atoms with Gasteiger partial charge >= 0.3 is 0 Å². The second-order valence-electron chi connectivity index (χ2n) is 4.92. The standard InChI is InChI=1S/C14H20N2O3/c1-2-7-19-10-11-5-6-16(9-11)14(18)12-3-4-13(17)15-8-12/h3-4,8,11H,2,5-7,9-10H2,1H3,(H,15,17)/t11-/m0/s1. The summed E-state index contributed by atoms with van der Waals surface area (Å²) in [6.07, 6.45) is 3.48. The first kappa shape index (κ1) is 13.8. The summed E-state index contributed by atoms with van der Waals surface area (Å²) in [6, 6.07) is 2.95. The van der Waals surface area contributed by atoms with Crippen molar-refractivity contribution >= 4 is 5.91 Å². The zero-order chi connectivity index (χ0) is 13.7. The third-order valence-corrected chi connectivity index (χ3v) is 3.31. The number of aromatic amines is 1. The van der Waals surface area contributed by atoms with Gasteiger partial charge in [-0.1, -0.05) is 6.92 Å². The minimum atomic E-state index is -0.191. The Morgan fingerprint density at radius 2 is 2.37 bits per heavy atom. The maximum absolute atomic E-state index is 12.2. The highest BCUT2D eigenvalue weighted by molar-refractivity contribution is 5.94. The maximum atomic E-state index is 12.2. The molecule has 2 rings (SSSR count). The van der Waals surface area contributed by atoms with Crippen molar-refractivity contribution < 1.29 is 9.53 Å². The second-order valence-corrected chi connectivity index (χ2v) is 4.92. The average molecular weight is 264 g/mol. The Morgan fingerprint density at radius 1 is 1.53 bits per heavy atom. The Bertz CT molecular complexity index is 463. The number of amides is 1. The van der Waals surface area contributed by atoms with Gasteiger partial charge in [0.15, 0.2) is 0 Å². The summed E-state index contributed by atoms with van der Waals surface area (Å²) in [5.41, 5.74) is 0.346. The first-order valence-corrected chi connectivity index (χ1v) is 6.76. The van der Waals surface area contributed by atoms with E-state index in [0.717, 1.165) is 39.1 Å². The van der Waals surface area contributed by atoms with Gasteiger partial charge in [-0.05, 0) is 18.9 Å². The molecule has 104 valence electrons. The number of nitrogens with one attached hydrogen (secondary N) is 1. The van der Waals surface area contributed by atoms with Gasteiger partial charge in [0, 0.05) is 37.9 Å². The van der Waals surface area contributed by atoms with E-state index in [1.54, 1.807) is 6.07 Å². The van der Waals surface area contributed by atoms with Crippen LogP contribution in [0.15, 0.2) is 23.1 Å². The molecule has 0 saturated carbocycles. The predicted molar refractivity (Wildman–Crippen MR) is 72.2 cm³/mol. The smallest absolute Gasteiger partial charge is 0.255 e. The zero-order valence-electron chi connectivity index (χ0n) is 11.2. The topological polar surface area (TPSA) is 62.4 Å². The number of H-pyrrole nitrogens is 1. The van der Waals surface area contributed by atoms with Crippen LogP contribution in [0.5, 0.6) is 0 Å². The lowest BCUT2D eigenvalue weighted by atomic mass is 10.1. The van der Waals surface area contributed by atoms with Gasteiger partial charge in [-0.25, -0.2) is 0 Å². The molecule has 0 radical (unpaired) electrons. The largest absolute Gasteiger partial charge is 0.381 e. The van der Waals surface area contributed by atoms with Gasteiger partial charge in [-0.2, -0.15) is 0 Å². The quantitative estimate of drug-likeness (QED) is 0.814. The summed E-state index contributed by atoms with van der Waals surface area (Å²) >= 11 is 0. The van der Waals surface area contributed by atoms with Crippen molar-refractivity contribution in [2.24, 2.45) is 5.92 Å². The van der Waals surface area contributed by atoms with Crippen LogP contribution >= 0.6 is 0 Å². The lowest BCUT2D eigenvalue weighted by molar-refractivity contribution is 0.0754. The van der Waals surface area contributed by atoms with Gasteiger partial charge in [-0.15, -0.1) is 0 Å². The second kappa shape index (κ2) is 6.52. The van der Waals surface area contributed by atoms with Crippen LogP contribution in [0, 0.1) is 5.92 Å². The lowest BCUT2D eigenvalue weighted by Gasteiger charge is -2.16. The summed E-state index contributed by atoms with van der Waals surface area (Å²) in [5.74, 6) is 0.410. The molecule has 5 heteroatoms. The number of carbonyl (C=O) groups is 1. The van der Waals surface area contributed by atoms with Crippen LogP contribution in [-0.4, -0.2) is 42.1 Å². The highest BCUT2D eigenvalue weighted by Gasteiger charge is 2.26.